The molecule has 0 bridgehead atoms. The van der Waals surface area contributed by atoms with Gasteiger partial charge in [-0.15, -0.1) is 0 Å². The molecule has 0 aromatic heterocycles. The summed E-state index contributed by atoms with van der Waals surface area (Å²) in [5, 5.41) is 13.7. The molecule has 1 aromatic rings. The number of thioether (sulfide) groups is 1. The number of aliphatic hydroxyl groups is 1. The van der Waals surface area contributed by atoms with E-state index in [-0.39, 0.29) is 6.61 Å². The second-order valence-electron chi connectivity index (χ2n) is 5.30. The van der Waals surface area contributed by atoms with Crippen molar-refractivity contribution >= 4 is 11.8 Å². The van der Waals surface area contributed by atoms with E-state index in [1.165, 1.54) is 11.1 Å². The third-order valence-corrected chi connectivity index (χ3v) is 5.34. The molecule has 0 aliphatic heterocycles. The minimum Gasteiger partial charge on any atom is -0.497 e. The molecule has 4 heteroatoms. The summed E-state index contributed by atoms with van der Waals surface area (Å²) in [6.45, 7) is 5.59. The molecule has 0 saturated carbocycles. The first kappa shape index (κ1) is 15.7. The summed E-state index contributed by atoms with van der Waals surface area (Å²) in [6, 6.07) is 6.79. The van der Waals surface area contributed by atoms with E-state index in [9.17, 15) is 0 Å². The van der Waals surface area contributed by atoms with Crippen LogP contribution in [0, 0.1) is 0 Å². The zero-order chi connectivity index (χ0) is 14.5. The minimum absolute atomic E-state index is 0.271. The minimum atomic E-state index is 0.271. The number of rotatable bonds is 7. The Morgan fingerprint density at radius 1 is 1.50 bits per heavy atom. The summed E-state index contributed by atoms with van der Waals surface area (Å²) < 4.78 is 5.35. The Morgan fingerprint density at radius 2 is 2.30 bits per heavy atom. The Bertz CT molecular complexity index is 438. The highest BCUT2D eigenvalue weighted by Crippen LogP contribution is 2.41. The van der Waals surface area contributed by atoms with Gasteiger partial charge in [0.25, 0.3) is 0 Å². The zero-order valence-electron chi connectivity index (χ0n) is 12.6. The van der Waals surface area contributed by atoms with Crippen LogP contribution in [0.4, 0.5) is 0 Å². The normalized spacial score (nSPS) is 22.6. The van der Waals surface area contributed by atoms with E-state index in [2.05, 4.69) is 31.3 Å². The van der Waals surface area contributed by atoms with Crippen LogP contribution >= 0.6 is 11.8 Å². The van der Waals surface area contributed by atoms with E-state index in [0.29, 0.717) is 16.5 Å². The largest absolute Gasteiger partial charge is 0.497 e. The summed E-state index contributed by atoms with van der Waals surface area (Å²) >= 11 is 1.99. The standard InChI is InChI=1S/C16H25NO2S/c1-4-17-16-14-10-13(19-3)6-5-12(14)9-15(16)20-11(2)7-8-18/h5-6,10-11,15-18H,4,7-9H2,1-3H3. The Morgan fingerprint density at radius 3 is 2.95 bits per heavy atom. The third-order valence-electron chi connectivity index (χ3n) is 3.85. The highest BCUT2D eigenvalue weighted by atomic mass is 32.2. The number of hydrogen-bond acceptors (Lipinski definition) is 4. The quantitative estimate of drug-likeness (QED) is 0.811. The van der Waals surface area contributed by atoms with E-state index < -0.39 is 0 Å². The molecule has 3 nitrogen and oxygen atoms in total. The van der Waals surface area contributed by atoms with Crippen molar-refractivity contribution in [3.8, 4) is 5.75 Å². The second kappa shape index (κ2) is 7.34. The van der Waals surface area contributed by atoms with Gasteiger partial charge in [-0.25, -0.2) is 0 Å². The summed E-state index contributed by atoms with van der Waals surface area (Å²) in [6.07, 6.45) is 1.96. The Balaban J connectivity index is 2.16. The van der Waals surface area contributed by atoms with Gasteiger partial charge in [-0.2, -0.15) is 11.8 Å². The van der Waals surface area contributed by atoms with Crippen molar-refractivity contribution in [2.45, 2.75) is 43.2 Å². The first-order chi connectivity index (χ1) is 9.69. The van der Waals surface area contributed by atoms with E-state index in [1.54, 1.807) is 7.11 Å². The van der Waals surface area contributed by atoms with Crippen LogP contribution in [0.25, 0.3) is 0 Å². The average molecular weight is 295 g/mol. The highest BCUT2D eigenvalue weighted by molar-refractivity contribution is 8.00. The molecule has 112 valence electrons. The molecule has 3 unspecified atom stereocenters. The van der Waals surface area contributed by atoms with Crippen molar-refractivity contribution in [1.82, 2.24) is 5.32 Å². The van der Waals surface area contributed by atoms with Crippen LogP contribution < -0.4 is 10.1 Å². The number of nitrogens with one attached hydrogen (secondary N) is 1. The highest BCUT2D eigenvalue weighted by Gasteiger charge is 2.33. The van der Waals surface area contributed by atoms with Gasteiger partial charge in [0.2, 0.25) is 0 Å². The van der Waals surface area contributed by atoms with Crippen LogP contribution in [0.3, 0.4) is 0 Å². The van der Waals surface area contributed by atoms with Gasteiger partial charge in [-0.05, 0) is 42.6 Å². The number of methoxy groups -OCH3 is 1. The monoisotopic (exact) mass is 295 g/mol. The maximum absolute atomic E-state index is 9.08. The summed E-state index contributed by atoms with van der Waals surface area (Å²) in [7, 11) is 1.72. The fourth-order valence-corrected chi connectivity index (χ4v) is 4.36. The summed E-state index contributed by atoms with van der Waals surface area (Å²) in [4.78, 5) is 0. The fraction of sp³-hybridized carbons (Fsp3) is 0.625. The van der Waals surface area contributed by atoms with Gasteiger partial charge in [-0.1, -0.05) is 19.9 Å². The zero-order valence-corrected chi connectivity index (χ0v) is 13.4. The van der Waals surface area contributed by atoms with Crippen LogP contribution in [0.15, 0.2) is 18.2 Å². The smallest absolute Gasteiger partial charge is 0.119 e. The molecular weight excluding hydrogens is 270 g/mol. The molecule has 0 fully saturated rings. The fourth-order valence-electron chi connectivity index (χ4n) is 2.85. The molecule has 0 radical (unpaired) electrons. The van der Waals surface area contributed by atoms with Crippen molar-refractivity contribution in [3.63, 3.8) is 0 Å². The maximum atomic E-state index is 9.08. The molecule has 1 aliphatic rings. The van der Waals surface area contributed by atoms with Gasteiger partial charge in [0, 0.05) is 23.1 Å². The van der Waals surface area contributed by atoms with Crippen molar-refractivity contribution in [2.24, 2.45) is 0 Å². The van der Waals surface area contributed by atoms with Crippen LogP contribution in [0.2, 0.25) is 0 Å². The van der Waals surface area contributed by atoms with Crippen LogP contribution in [0.5, 0.6) is 5.75 Å². The third kappa shape index (κ3) is 3.48. The van der Waals surface area contributed by atoms with Gasteiger partial charge in [0.15, 0.2) is 0 Å². The molecule has 2 rings (SSSR count). The van der Waals surface area contributed by atoms with Gasteiger partial charge in [0.1, 0.15) is 5.75 Å². The SMILES string of the molecule is CCNC1c2cc(OC)ccc2CC1SC(C)CCO. The van der Waals surface area contributed by atoms with E-state index in [1.807, 2.05) is 17.8 Å². The van der Waals surface area contributed by atoms with Crippen molar-refractivity contribution in [1.29, 1.82) is 0 Å². The predicted octanol–water partition coefficient (Wildman–Crippen LogP) is 2.77. The molecule has 0 saturated heterocycles. The summed E-state index contributed by atoms with van der Waals surface area (Å²) in [5.41, 5.74) is 2.80. The van der Waals surface area contributed by atoms with Crippen LogP contribution in [0.1, 0.15) is 37.4 Å². The topological polar surface area (TPSA) is 41.5 Å². The number of aliphatic hydroxyl groups excluding tert-OH is 1. The molecule has 1 aliphatic carbocycles. The van der Waals surface area contributed by atoms with Crippen LogP contribution in [-0.4, -0.2) is 35.9 Å². The lowest BCUT2D eigenvalue weighted by molar-refractivity contribution is 0.288. The van der Waals surface area contributed by atoms with E-state index in [0.717, 1.165) is 25.1 Å². The van der Waals surface area contributed by atoms with Crippen molar-refractivity contribution in [3.05, 3.63) is 29.3 Å². The molecule has 0 amide bonds. The average Bonchev–Trinajstić information content (AvgIpc) is 2.76. The molecular formula is C16H25NO2S. The van der Waals surface area contributed by atoms with E-state index in [4.69, 9.17) is 9.84 Å². The van der Waals surface area contributed by atoms with Gasteiger partial charge in [-0.3, -0.25) is 0 Å². The number of hydrogen-bond donors (Lipinski definition) is 2. The predicted molar refractivity (Wildman–Crippen MR) is 85.7 cm³/mol. The van der Waals surface area contributed by atoms with Gasteiger partial charge < -0.3 is 15.2 Å². The molecule has 0 heterocycles. The molecule has 1 aromatic carbocycles. The molecule has 2 N–H and O–H groups in total. The van der Waals surface area contributed by atoms with E-state index >= 15 is 0 Å². The summed E-state index contributed by atoms with van der Waals surface area (Å²) in [5.74, 6) is 0.931. The van der Waals surface area contributed by atoms with Crippen molar-refractivity contribution in [2.75, 3.05) is 20.3 Å². The first-order valence-electron chi connectivity index (χ1n) is 7.36. The number of fused-ring (bicyclic) bond motifs is 1. The first-order valence-corrected chi connectivity index (χ1v) is 8.30. The molecule has 20 heavy (non-hydrogen) atoms. The van der Waals surface area contributed by atoms with Gasteiger partial charge >= 0.3 is 0 Å². The maximum Gasteiger partial charge on any atom is 0.119 e. The molecule has 3 atom stereocenters. The molecule has 0 spiro atoms. The number of ether oxygens (including phenoxy) is 1. The lowest BCUT2D eigenvalue weighted by Crippen LogP contribution is -2.28. The van der Waals surface area contributed by atoms with Crippen LogP contribution in [-0.2, 0) is 6.42 Å². The lowest BCUT2D eigenvalue weighted by Gasteiger charge is -2.24. The Hall–Kier alpha value is -0.710. The van der Waals surface area contributed by atoms with Gasteiger partial charge in [0.05, 0.1) is 7.11 Å². The Kier molecular flexibility index (Phi) is 5.75. The van der Waals surface area contributed by atoms with Crippen molar-refractivity contribution < 1.29 is 9.84 Å². The lowest BCUT2D eigenvalue weighted by atomic mass is 10.1. The number of benzene rings is 1. The second-order valence-corrected chi connectivity index (χ2v) is 6.98. The Labute approximate surface area is 126 Å².